The number of hydrogen-bond acceptors (Lipinski definition) is 5. The van der Waals surface area contributed by atoms with Crippen molar-refractivity contribution in [1.82, 2.24) is 10.2 Å². The monoisotopic (exact) mass is 468 g/mol. The maximum Gasteiger partial charge on any atom is 0.251 e. The molecule has 1 saturated heterocycles. The Morgan fingerprint density at radius 2 is 1.47 bits per heavy atom. The van der Waals surface area contributed by atoms with E-state index >= 15 is 0 Å². The van der Waals surface area contributed by atoms with Crippen LogP contribution in [-0.4, -0.2) is 40.4 Å². The zero-order valence-electron chi connectivity index (χ0n) is 18.8. The molecular formula is C27H24N4O2S. The van der Waals surface area contributed by atoms with E-state index in [1.165, 1.54) is 0 Å². The van der Waals surface area contributed by atoms with Crippen LogP contribution in [0, 0.1) is 22.7 Å². The third kappa shape index (κ3) is 5.23. The fraction of sp³-hybridized carbons (Fsp3) is 0.222. The zero-order chi connectivity index (χ0) is 24.1. The first-order valence-corrected chi connectivity index (χ1v) is 12.5. The average molecular weight is 469 g/mol. The van der Waals surface area contributed by atoms with Gasteiger partial charge in [0, 0.05) is 46.6 Å². The molecule has 1 N–H and O–H groups in total. The van der Waals surface area contributed by atoms with Gasteiger partial charge in [-0.25, -0.2) is 0 Å². The SMILES string of the molecule is CS(=O)c1ccc([C@@H](c2ccc(C#N)cc2)N2CCC(NC(=O)c3ccc(C#N)cc3)C2)cc1. The summed E-state index contributed by atoms with van der Waals surface area (Å²) in [7, 11) is -1.05. The summed E-state index contributed by atoms with van der Waals surface area (Å²) in [4.78, 5) is 15.8. The van der Waals surface area contributed by atoms with Crippen LogP contribution in [0.5, 0.6) is 0 Å². The number of rotatable bonds is 6. The molecule has 3 atom stereocenters. The highest BCUT2D eigenvalue weighted by Gasteiger charge is 2.31. The summed E-state index contributed by atoms with van der Waals surface area (Å²) in [6.07, 6.45) is 2.47. The molecule has 0 radical (unpaired) electrons. The van der Waals surface area contributed by atoms with Crippen LogP contribution in [0.25, 0.3) is 0 Å². The van der Waals surface area contributed by atoms with Gasteiger partial charge in [-0.15, -0.1) is 0 Å². The fourth-order valence-electron chi connectivity index (χ4n) is 4.30. The zero-order valence-corrected chi connectivity index (χ0v) is 19.6. The standard InChI is InChI=1S/C27H24N4O2S/c1-34(33)25-12-10-22(11-13-25)26(21-6-2-19(16-28)3-7-21)31-15-14-24(18-31)30-27(32)23-8-4-20(17-29)5-9-23/h2-13,24,26H,14-15,18H2,1H3,(H,30,32)/t24?,26-,34?/m1/s1. The van der Waals surface area contributed by atoms with Crippen LogP contribution in [0.15, 0.2) is 77.7 Å². The minimum absolute atomic E-state index is 0.00792. The predicted octanol–water partition coefficient (Wildman–Crippen LogP) is 3.76. The van der Waals surface area contributed by atoms with E-state index in [4.69, 9.17) is 5.26 Å². The van der Waals surface area contributed by atoms with Gasteiger partial charge in [0.2, 0.25) is 0 Å². The van der Waals surface area contributed by atoms with Crippen molar-refractivity contribution < 1.29 is 9.00 Å². The highest BCUT2D eigenvalue weighted by Crippen LogP contribution is 2.32. The molecule has 3 aromatic rings. The quantitative estimate of drug-likeness (QED) is 0.594. The summed E-state index contributed by atoms with van der Waals surface area (Å²) in [6.45, 7) is 1.47. The predicted molar refractivity (Wildman–Crippen MR) is 130 cm³/mol. The molecule has 1 heterocycles. The number of nitriles is 2. The number of likely N-dealkylation sites (tertiary alicyclic amines) is 1. The molecule has 34 heavy (non-hydrogen) atoms. The van der Waals surface area contributed by atoms with E-state index in [1.807, 2.05) is 48.5 Å². The molecule has 0 aliphatic carbocycles. The van der Waals surface area contributed by atoms with E-state index in [-0.39, 0.29) is 18.0 Å². The second-order valence-electron chi connectivity index (χ2n) is 8.30. The van der Waals surface area contributed by atoms with Gasteiger partial charge in [-0.1, -0.05) is 24.3 Å². The topological polar surface area (TPSA) is 97.0 Å². The number of nitrogens with one attached hydrogen (secondary N) is 1. The molecule has 0 bridgehead atoms. The molecule has 0 spiro atoms. The van der Waals surface area contributed by atoms with Gasteiger partial charge in [-0.2, -0.15) is 10.5 Å². The third-order valence-corrected chi connectivity index (χ3v) is 7.02. The van der Waals surface area contributed by atoms with Crippen molar-refractivity contribution in [2.45, 2.75) is 23.4 Å². The van der Waals surface area contributed by atoms with E-state index in [9.17, 15) is 14.3 Å². The minimum atomic E-state index is -1.05. The number of carbonyl (C=O) groups excluding carboxylic acids is 1. The summed E-state index contributed by atoms with van der Waals surface area (Å²) in [5.74, 6) is -0.152. The summed E-state index contributed by atoms with van der Waals surface area (Å²) >= 11 is 0. The lowest BCUT2D eigenvalue weighted by molar-refractivity contribution is 0.0937. The number of carbonyl (C=O) groups is 1. The lowest BCUT2D eigenvalue weighted by Crippen LogP contribution is -2.38. The van der Waals surface area contributed by atoms with Crippen LogP contribution < -0.4 is 5.32 Å². The molecule has 170 valence electrons. The Morgan fingerprint density at radius 3 is 2.00 bits per heavy atom. The van der Waals surface area contributed by atoms with Crippen LogP contribution in [-0.2, 0) is 10.8 Å². The first-order chi connectivity index (χ1) is 16.5. The highest BCUT2D eigenvalue weighted by atomic mass is 32.2. The van der Waals surface area contributed by atoms with E-state index in [0.717, 1.165) is 29.0 Å². The van der Waals surface area contributed by atoms with E-state index in [2.05, 4.69) is 22.4 Å². The summed E-state index contributed by atoms with van der Waals surface area (Å²) in [5, 5.41) is 21.2. The smallest absolute Gasteiger partial charge is 0.251 e. The molecule has 1 aliphatic rings. The van der Waals surface area contributed by atoms with Gasteiger partial charge in [0.05, 0.1) is 29.3 Å². The van der Waals surface area contributed by atoms with E-state index in [0.29, 0.717) is 23.2 Å². The van der Waals surface area contributed by atoms with Crippen molar-refractivity contribution in [2.24, 2.45) is 0 Å². The van der Waals surface area contributed by atoms with E-state index in [1.54, 1.807) is 30.5 Å². The average Bonchev–Trinajstić information content (AvgIpc) is 3.32. The molecule has 0 saturated carbocycles. The largest absolute Gasteiger partial charge is 0.348 e. The minimum Gasteiger partial charge on any atom is -0.348 e. The number of hydrogen-bond donors (Lipinski definition) is 1. The molecule has 0 aromatic heterocycles. The molecule has 1 fully saturated rings. The second-order valence-corrected chi connectivity index (χ2v) is 9.68. The fourth-order valence-corrected chi connectivity index (χ4v) is 4.82. The van der Waals surface area contributed by atoms with Crippen LogP contribution in [0.4, 0.5) is 0 Å². The Balaban J connectivity index is 1.54. The molecule has 6 nitrogen and oxygen atoms in total. The normalized spacial score (nSPS) is 17.3. The molecule has 2 unspecified atom stereocenters. The van der Waals surface area contributed by atoms with Crippen molar-refractivity contribution in [3.8, 4) is 12.1 Å². The van der Waals surface area contributed by atoms with Crippen molar-refractivity contribution in [2.75, 3.05) is 19.3 Å². The Morgan fingerprint density at radius 1 is 0.941 bits per heavy atom. The Bertz CT molecular complexity index is 1270. The Hall–Kier alpha value is -3.78. The third-order valence-electron chi connectivity index (χ3n) is 6.08. The van der Waals surface area contributed by atoms with Gasteiger partial charge in [-0.05, 0) is 66.1 Å². The number of amides is 1. The molecule has 1 amide bonds. The molecule has 3 aromatic carbocycles. The van der Waals surface area contributed by atoms with Gasteiger partial charge >= 0.3 is 0 Å². The highest BCUT2D eigenvalue weighted by molar-refractivity contribution is 7.84. The van der Waals surface area contributed by atoms with Crippen LogP contribution >= 0.6 is 0 Å². The lowest BCUT2D eigenvalue weighted by atomic mass is 9.96. The number of benzene rings is 3. The van der Waals surface area contributed by atoms with Gasteiger partial charge in [-0.3, -0.25) is 13.9 Å². The van der Waals surface area contributed by atoms with Crippen molar-refractivity contribution in [3.05, 3.63) is 101 Å². The lowest BCUT2D eigenvalue weighted by Gasteiger charge is -2.29. The van der Waals surface area contributed by atoms with Crippen LogP contribution in [0.2, 0.25) is 0 Å². The molecule has 7 heteroatoms. The van der Waals surface area contributed by atoms with Crippen molar-refractivity contribution in [3.63, 3.8) is 0 Å². The summed E-state index contributed by atoms with van der Waals surface area (Å²) in [5.41, 5.74) is 3.78. The van der Waals surface area contributed by atoms with Gasteiger partial charge in [0.1, 0.15) is 0 Å². The summed E-state index contributed by atoms with van der Waals surface area (Å²) < 4.78 is 11.8. The Kier molecular flexibility index (Phi) is 7.18. The summed E-state index contributed by atoms with van der Waals surface area (Å²) in [6, 6.07) is 26.1. The molecule has 4 rings (SSSR count). The maximum atomic E-state index is 12.7. The second kappa shape index (κ2) is 10.4. The Labute approximate surface area is 201 Å². The van der Waals surface area contributed by atoms with Crippen molar-refractivity contribution in [1.29, 1.82) is 10.5 Å². The first kappa shape index (κ1) is 23.4. The molecule has 1 aliphatic heterocycles. The van der Waals surface area contributed by atoms with Crippen molar-refractivity contribution >= 4 is 16.7 Å². The van der Waals surface area contributed by atoms with Crippen LogP contribution in [0.1, 0.15) is 45.1 Å². The van der Waals surface area contributed by atoms with Gasteiger partial charge < -0.3 is 5.32 Å². The van der Waals surface area contributed by atoms with Crippen LogP contribution in [0.3, 0.4) is 0 Å². The maximum absolute atomic E-state index is 12.7. The van der Waals surface area contributed by atoms with Gasteiger partial charge in [0.25, 0.3) is 5.91 Å². The number of nitrogens with zero attached hydrogens (tertiary/aromatic N) is 3. The molecular weight excluding hydrogens is 444 g/mol. The van der Waals surface area contributed by atoms with E-state index < -0.39 is 10.8 Å². The first-order valence-electron chi connectivity index (χ1n) is 11.0. The van der Waals surface area contributed by atoms with Gasteiger partial charge in [0.15, 0.2) is 0 Å².